The number of benzene rings is 2. The number of fused-ring (bicyclic) bond motifs is 1. The molecule has 0 aromatic heterocycles. The predicted molar refractivity (Wildman–Crippen MR) is 153 cm³/mol. The highest BCUT2D eigenvalue weighted by Crippen LogP contribution is 2.36. The first kappa shape index (κ1) is 31.5. The summed E-state index contributed by atoms with van der Waals surface area (Å²) in [6, 6.07) is 8.84. The molecule has 0 unspecified atom stereocenters. The normalized spacial score (nSPS) is 14.7. The first-order valence-electron chi connectivity index (χ1n) is 12.5. The van der Waals surface area contributed by atoms with Crippen molar-refractivity contribution in [3.05, 3.63) is 47.0 Å². The van der Waals surface area contributed by atoms with Gasteiger partial charge in [0.2, 0.25) is 0 Å². The Morgan fingerprint density at radius 3 is 2.31 bits per heavy atom. The molecule has 1 aliphatic rings. The van der Waals surface area contributed by atoms with Gasteiger partial charge in [0.1, 0.15) is 11.5 Å². The molecule has 2 aromatic rings. The van der Waals surface area contributed by atoms with Gasteiger partial charge in [-0.1, -0.05) is 25.8 Å². The molecule has 1 aliphatic carbocycles. The van der Waals surface area contributed by atoms with Crippen LogP contribution >= 0.6 is 34.0 Å². The van der Waals surface area contributed by atoms with E-state index in [2.05, 4.69) is 17.1 Å². The molecule has 8 heteroatoms. The molecule has 0 saturated carbocycles. The zero-order valence-electron chi connectivity index (χ0n) is 20.7. The summed E-state index contributed by atoms with van der Waals surface area (Å²) in [5.41, 5.74) is 3.04. The van der Waals surface area contributed by atoms with Gasteiger partial charge in [0.05, 0.1) is 0 Å². The van der Waals surface area contributed by atoms with Gasteiger partial charge in [-0.3, -0.25) is 0 Å². The lowest BCUT2D eigenvalue weighted by molar-refractivity contribution is 0.175. The van der Waals surface area contributed by atoms with E-state index in [1.807, 2.05) is 6.07 Å². The first-order chi connectivity index (χ1) is 16.0. The number of aromatic hydroxyl groups is 4. The van der Waals surface area contributed by atoms with Crippen LogP contribution in [0, 0.1) is 0 Å². The van der Waals surface area contributed by atoms with E-state index in [-0.39, 0.29) is 57.0 Å². The molecule has 1 atom stereocenters. The van der Waals surface area contributed by atoms with E-state index in [0.717, 1.165) is 75.8 Å². The van der Waals surface area contributed by atoms with E-state index in [1.54, 1.807) is 18.2 Å². The third-order valence-electron chi connectivity index (χ3n) is 6.67. The molecular weight excluding hydrogens is 576 g/mol. The molecular formula is C27H42Br2N2O4. The van der Waals surface area contributed by atoms with Crippen LogP contribution in [-0.2, 0) is 19.3 Å². The number of nitrogens with one attached hydrogen (secondary N) is 1. The molecule has 6 nitrogen and oxygen atoms in total. The third kappa shape index (κ3) is 9.83. The van der Waals surface area contributed by atoms with Gasteiger partial charge in [0, 0.05) is 17.7 Å². The van der Waals surface area contributed by atoms with Crippen LogP contribution in [0.4, 0.5) is 0 Å². The number of hydrogen-bond donors (Lipinski definition) is 5. The van der Waals surface area contributed by atoms with Crippen molar-refractivity contribution in [1.82, 2.24) is 10.2 Å². The lowest BCUT2D eigenvalue weighted by Gasteiger charge is -2.35. The number of hydrogen-bond acceptors (Lipinski definition) is 6. The number of rotatable bonds is 13. The molecule has 2 aromatic carbocycles. The first-order valence-corrected chi connectivity index (χ1v) is 12.5. The Morgan fingerprint density at radius 1 is 0.886 bits per heavy atom. The average molecular weight is 618 g/mol. The maximum absolute atomic E-state index is 10.1. The minimum Gasteiger partial charge on any atom is -0.508 e. The van der Waals surface area contributed by atoms with Crippen LogP contribution in [0.1, 0.15) is 62.1 Å². The van der Waals surface area contributed by atoms with Crippen LogP contribution in [0.15, 0.2) is 30.3 Å². The lowest BCUT2D eigenvalue weighted by atomic mass is 9.86. The van der Waals surface area contributed by atoms with Gasteiger partial charge >= 0.3 is 0 Å². The molecule has 0 fully saturated rings. The number of halogens is 2. The Morgan fingerprint density at radius 2 is 1.60 bits per heavy atom. The van der Waals surface area contributed by atoms with Gasteiger partial charge in [-0.2, -0.15) is 0 Å². The van der Waals surface area contributed by atoms with Crippen molar-refractivity contribution < 1.29 is 20.4 Å². The molecule has 0 spiro atoms. The van der Waals surface area contributed by atoms with Crippen molar-refractivity contribution in [2.75, 3.05) is 26.2 Å². The van der Waals surface area contributed by atoms with Gasteiger partial charge in [-0.25, -0.2) is 0 Å². The van der Waals surface area contributed by atoms with Crippen LogP contribution < -0.4 is 5.32 Å². The summed E-state index contributed by atoms with van der Waals surface area (Å²) >= 11 is 0. The maximum atomic E-state index is 10.1. The smallest absolute Gasteiger partial charge is 0.160 e. The van der Waals surface area contributed by atoms with Crippen LogP contribution in [0.25, 0.3) is 0 Å². The molecule has 3 rings (SSSR count). The molecule has 0 aliphatic heterocycles. The topological polar surface area (TPSA) is 96.2 Å². The number of phenolic OH excluding ortho intramolecular Hbond substituents is 4. The van der Waals surface area contributed by atoms with Gasteiger partial charge < -0.3 is 30.6 Å². The average Bonchev–Trinajstić information content (AvgIpc) is 2.79. The van der Waals surface area contributed by atoms with E-state index < -0.39 is 0 Å². The van der Waals surface area contributed by atoms with Crippen molar-refractivity contribution in [2.24, 2.45) is 0 Å². The van der Waals surface area contributed by atoms with Crippen molar-refractivity contribution in [3.63, 3.8) is 0 Å². The summed E-state index contributed by atoms with van der Waals surface area (Å²) in [7, 11) is 0. The van der Waals surface area contributed by atoms with Crippen LogP contribution in [0.5, 0.6) is 23.0 Å². The highest BCUT2D eigenvalue weighted by atomic mass is 79.9. The third-order valence-corrected chi connectivity index (χ3v) is 6.67. The van der Waals surface area contributed by atoms with Crippen molar-refractivity contribution in [1.29, 1.82) is 0 Å². The van der Waals surface area contributed by atoms with E-state index in [0.29, 0.717) is 6.04 Å². The fourth-order valence-electron chi connectivity index (χ4n) is 4.96. The molecule has 35 heavy (non-hydrogen) atoms. The van der Waals surface area contributed by atoms with Crippen LogP contribution in [-0.4, -0.2) is 57.5 Å². The monoisotopic (exact) mass is 616 g/mol. The SMILES string of the molecule is Br.Br.CCCN(CCCCCCNCCc1cc(O)cc(O)c1)[C@H]1CCc2c(ccc(O)c2O)C1. The molecule has 0 radical (unpaired) electrons. The lowest BCUT2D eigenvalue weighted by Crippen LogP contribution is -2.40. The highest BCUT2D eigenvalue weighted by Gasteiger charge is 2.26. The van der Waals surface area contributed by atoms with Crippen molar-refractivity contribution in [2.45, 2.75) is 70.8 Å². The van der Waals surface area contributed by atoms with Crippen molar-refractivity contribution >= 4 is 34.0 Å². The highest BCUT2D eigenvalue weighted by molar-refractivity contribution is 8.93. The molecule has 0 saturated heterocycles. The fourth-order valence-corrected chi connectivity index (χ4v) is 4.96. The second-order valence-electron chi connectivity index (χ2n) is 9.28. The Hall–Kier alpha value is -1.48. The van der Waals surface area contributed by atoms with E-state index in [4.69, 9.17) is 0 Å². The van der Waals surface area contributed by atoms with Crippen LogP contribution in [0.2, 0.25) is 0 Å². The molecule has 0 heterocycles. The summed E-state index contributed by atoms with van der Waals surface area (Å²) < 4.78 is 0. The number of nitrogens with zero attached hydrogens (tertiary/aromatic N) is 1. The molecule has 198 valence electrons. The van der Waals surface area contributed by atoms with E-state index in [9.17, 15) is 20.4 Å². The molecule has 0 amide bonds. The Balaban J connectivity index is 0.00000306. The number of phenols is 4. The van der Waals surface area contributed by atoms with E-state index >= 15 is 0 Å². The van der Waals surface area contributed by atoms with Crippen molar-refractivity contribution in [3.8, 4) is 23.0 Å². The maximum Gasteiger partial charge on any atom is 0.160 e. The summed E-state index contributed by atoms with van der Waals surface area (Å²) in [6.07, 6.45) is 9.52. The summed E-state index contributed by atoms with van der Waals surface area (Å²) in [5.74, 6) is 0.279. The van der Waals surface area contributed by atoms with Gasteiger partial charge in [-0.15, -0.1) is 34.0 Å². The molecule has 5 N–H and O–H groups in total. The minimum absolute atomic E-state index is 0. The zero-order valence-corrected chi connectivity index (χ0v) is 24.1. The Labute approximate surface area is 230 Å². The van der Waals surface area contributed by atoms with E-state index in [1.165, 1.54) is 30.9 Å². The summed E-state index contributed by atoms with van der Waals surface area (Å²) in [6.45, 7) is 6.28. The quantitative estimate of drug-likeness (QED) is 0.148. The largest absolute Gasteiger partial charge is 0.508 e. The second-order valence-corrected chi connectivity index (χ2v) is 9.28. The second kappa shape index (κ2) is 16.3. The Bertz CT molecular complexity index is 877. The zero-order chi connectivity index (χ0) is 23.6. The summed E-state index contributed by atoms with van der Waals surface area (Å²) in [4.78, 5) is 2.62. The van der Waals surface area contributed by atoms with Gasteiger partial charge in [-0.05, 0) is 100 Å². The van der Waals surface area contributed by atoms with Gasteiger partial charge in [0.25, 0.3) is 0 Å². The predicted octanol–water partition coefficient (Wildman–Crippen LogP) is 5.63. The van der Waals surface area contributed by atoms with Crippen LogP contribution in [0.3, 0.4) is 0 Å². The Kier molecular flexibility index (Phi) is 14.7. The standard InChI is InChI=1S/C27H40N2O4.2BrH/c1-2-14-29(22-8-9-25-21(18-22)7-10-26(32)27(25)33)15-6-4-3-5-12-28-13-11-20-16-23(30)19-24(31)17-20;;/h7,10,16-17,19,22,28,30-33H,2-6,8-9,11-15,18H2,1H3;2*1H/t22-;;/m0../s1. The summed E-state index contributed by atoms with van der Waals surface area (Å²) in [5, 5.41) is 42.4. The minimum atomic E-state index is -0.00855. The molecule has 0 bridgehead atoms. The van der Waals surface area contributed by atoms with Gasteiger partial charge in [0.15, 0.2) is 11.5 Å². The number of unbranched alkanes of at least 4 members (excludes halogenated alkanes) is 3. The fraction of sp³-hybridized carbons (Fsp3) is 0.556.